The molecule has 1 aliphatic rings. The van der Waals surface area contributed by atoms with Gasteiger partial charge in [0.2, 0.25) is 0 Å². The maximum Gasteiger partial charge on any atom is 0.295 e. The van der Waals surface area contributed by atoms with Gasteiger partial charge in [0.05, 0.1) is 50.6 Å². The van der Waals surface area contributed by atoms with Crippen LogP contribution in [-0.4, -0.2) is 61.8 Å². The van der Waals surface area contributed by atoms with Gasteiger partial charge in [0.15, 0.2) is 11.5 Å². The number of aliphatic hydroxyl groups is 1. The molecule has 0 aliphatic carbocycles. The Bertz CT molecular complexity index is 1430. The molecule has 10 heteroatoms. The van der Waals surface area contributed by atoms with E-state index in [1.54, 1.807) is 31.4 Å². The van der Waals surface area contributed by atoms with E-state index in [-0.39, 0.29) is 40.0 Å². The number of benzene rings is 3. The van der Waals surface area contributed by atoms with Gasteiger partial charge in [0, 0.05) is 12.6 Å². The van der Waals surface area contributed by atoms with Gasteiger partial charge in [-0.2, -0.15) is 0 Å². The zero-order valence-corrected chi connectivity index (χ0v) is 22.6. The van der Waals surface area contributed by atoms with Gasteiger partial charge < -0.3 is 34.1 Å². The van der Waals surface area contributed by atoms with Gasteiger partial charge in [-0.15, -0.1) is 0 Å². The van der Waals surface area contributed by atoms with Crippen LogP contribution in [0.5, 0.6) is 28.7 Å². The van der Waals surface area contributed by atoms with Crippen LogP contribution in [0.25, 0.3) is 5.76 Å². The number of phenols is 1. The van der Waals surface area contributed by atoms with E-state index in [9.17, 15) is 19.8 Å². The van der Waals surface area contributed by atoms with E-state index < -0.39 is 23.5 Å². The summed E-state index contributed by atoms with van der Waals surface area (Å²) in [7, 11) is 5.89. The normalized spacial score (nSPS) is 16.3. The molecule has 3 aromatic rings. The number of ether oxygens (including phenoxy) is 4. The third-order valence-electron chi connectivity index (χ3n) is 6.57. The van der Waals surface area contributed by atoms with Crippen LogP contribution in [-0.2, 0) is 16.0 Å². The summed E-state index contributed by atoms with van der Waals surface area (Å²) in [5.74, 6) is -0.489. The van der Waals surface area contributed by atoms with Crippen LogP contribution in [0.3, 0.4) is 0 Å². The first-order valence-corrected chi connectivity index (χ1v) is 12.3. The highest BCUT2D eigenvalue weighted by Crippen LogP contribution is 2.43. The number of rotatable bonds is 9. The predicted molar refractivity (Wildman–Crippen MR) is 145 cm³/mol. The first-order chi connectivity index (χ1) is 18.7. The molecule has 2 N–H and O–H groups in total. The van der Waals surface area contributed by atoms with Crippen LogP contribution < -0.4 is 18.9 Å². The number of likely N-dealkylation sites (tertiary alicyclic amines) is 1. The van der Waals surface area contributed by atoms with Crippen LogP contribution in [0.4, 0.5) is 0 Å². The number of nitrogens with zero attached hydrogens (tertiary/aromatic N) is 1. The number of halogens is 1. The van der Waals surface area contributed by atoms with Gasteiger partial charge in [-0.1, -0.05) is 29.8 Å². The Kier molecular flexibility index (Phi) is 8.21. The predicted octanol–water partition coefficient (Wildman–Crippen LogP) is 4.74. The zero-order valence-electron chi connectivity index (χ0n) is 21.9. The minimum Gasteiger partial charge on any atom is -0.508 e. The lowest BCUT2D eigenvalue weighted by atomic mass is 9.94. The molecule has 204 valence electrons. The number of aliphatic hydroxyl groups excluding tert-OH is 1. The number of methoxy groups -OCH3 is 4. The molecule has 9 nitrogen and oxygen atoms in total. The van der Waals surface area contributed by atoms with E-state index in [0.29, 0.717) is 23.5 Å². The smallest absolute Gasteiger partial charge is 0.295 e. The highest BCUT2D eigenvalue weighted by Gasteiger charge is 2.46. The zero-order chi connectivity index (χ0) is 28.3. The first kappa shape index (κ1) is 27.7. The van der Waals surface area contributed by atoms with Crippen molar-refractivity contribution in [3.05, 3.63) is 81.9 Å². The number of phenolic OH excluding ortho intramolecular Hbond substituents is 1. The quantitative estimate of drug-likeness (QED) is 0.222. The van der Waals surface area contributed by atoms with Crippen molar-refractivity contribution in [2.75, 3.05) is 35.0 Å². The summed E-state index contributed by atoms with van der Waals surface area (Å²) in [6, 6.07) is 13.5. The highest BCUT2D eigenvalue weighted by atomic mass is 35.5. The van der Waals surface area contributed by atoms with E-state index >= 15 is 0 Å². The molecule has 3 aromatic carbocycles. The van der Waals surface area contributed by atoms with Gasteiger partial charge >= 0.3 is 0 Å². The molecule has 0 radical (unpaired) electrons. The fourth-order valence-electron chi connectivity index (χ4n) is 4.59. The van der Waals surface area contributed by atoms with Gasteiger partial charge in [-0.25, -0.2) is 0 Å². The Labute approximate surface area is 230 Å². The number of ketones is 1. The fraction of sp³-hybridized carbons (Fsp3) is 0.241. The van der Waals surface area contributed by atoms with Gasteiger partial charge in [-0.05, 0) is 47.9 Å². The van der Waals surface area contributed by atoms with Crippen LogP contribution >= 0.6 is 11.6 Å². The number of hydrogen-bond acceptors (Lipinski definition) is 8. The van der Waals surface area contributed by atoms with Gasteiger partial charge in [-0.3, -0.25) is 9.59 Å². The minimum absolute atomic E-state index is 0.0186. The number of carbonyl (C=O) groups is 2. The minimum atomic E-state index is -0.933. The second-order valence-corrected chi connectivity index (χ2v) is 9.12. The molecule has 1 saturated heterocycles. The number of aromatic hydroxyl groups is 1. The molecule has 0 saturated carbocycles. The summed E-state index contributed by atoms with van der Waals surface area (Å²) in [5, 5.41) is 21.6. The Morgan fingerprint density at radius 2 is 1.49 bits per heavy atom. The monoisotopic (exact) mass is 553 g/mol. The van der Waals surface area contributed by atoms with E-state index in [1.807, 2.05) is 6.07 Å². The van der Waals surface area contributed by atoms with Crippen molar-refractivity contribution in [1.82, 2.24) is 4.90 Å². The second-order valence-electron chi connectivity index (χ2n) is 8.71. The summed E-state index contributed by atoms with van der Waals surface area (Å²) in [5.41, 5.74) is 1.39. The van der Waals surface area contributed by atoms with Crippen LogP contribution in [0, 0.1) is 0 Å². The Morgan fingerprint density at radius 3 is 2.10 bits per heavy atom. The SMILES string of the molecule is COc1cc(/C(O)=C2\C(=O)C(=O)N(CCc3ccc(OC)c(OC)c3)C2c2ccc(O)cc2)c(OC)cc1Cl. The van der Waals surface area contributed by atoms with Crippen molar-refractivity contribution in [3.8, 4) is 28.7 Å². The molecule has 1 aliphatic heterocycles. The molecule has 1 unspecified atom stereocenters. The summed E-state index contributed by atoms with van der Waals surface area (Å²) in [6.07, 6.45) is 0.389. The van der Waals surface area contributed by atoms with Crippen molar-refractivity contribution in [2.24, 2.45) is 0 Å². The van der Waals surface area contributed by atoms with E-state index in [4.69, 9.17) is 30.5 Å². The largest absolute Gasteiger partial charge is 0.508 e. The molecule has 1 fully saturated rings. The lowest BCUT2D eigenvalue weighted by Crippen LogP contribution is -2.31. The summed E-state index contributed by atoms with van der Waals surface area (Å²) in [4.78, 5) is 28.1. The van der Waals surface area contributed by atoms with Crippen molar-refractivity contribution >= 4 is 29.1 Å². The molecule has 1 heterocycles. The number of carbonyl (C=O) groups excluding carboxylic acids is 2. The lowest BCUT2D eigenvalue weighted by molar-refractivity contribution is -0.139. The van der Waals surface area contributed by atoms with E-state index in [2.05, 4.69) is 0 Å². The van der Waals surface area contributed by atoms with E-state index in [1.165, 1.54) is 50.5 Å². The number of amides is 1. The van der Waals surface area contributed by atoms with E-state index in [0.717, 1.165) is 5.56 Å². The molecule has 0 aromatic heterocycles. The average molecular weight is 554 g/mol. The molecular formula is C29H28ClNO8. The highest BCUT2D eigenvalue weighted by molar-refractivity contribution is 6.46. The maximum atomic E-state index is 13.4. The number of Topliss-reactive ketones (excluding diaryl/α,β-unsaturated/α-hetero) is 1. The second kappa shape index (κ2) is 11.6. The average Bonchev–Trinajstić information content (AvgIpc) is 3.20. The Morgan fingerprint density at radius 1 is 0.846 bits per heavy atom. The van der Waals surface area contributed by atoms with Gasteiger partial charge in [0.1, 0.15) is 23.0 Å². The lowest BCUT2D eigenvalue weighted by Gasteiger charge is -2.26. The fourth-order valence-corrected chi connectivity index (χ4v) is 4.82. The summed E-state index contributed by atoms with van der Waals surface area (Å²) >= 11 is 6.23. The maximum absolute atomic E-state index is 13.4. The summed E-state index contributed by atoms with van der Waals surface area (Å²) < 4.78 is 21.4. The van der Waals surface area contributed by atoms with Crippen molar-refractivity contribution in [3.63, 3.8) is 0 Å². The molecule has 0 bridgehead atoms. The van der Waals surface area contributed by atoms with Crippen molar-refractivity contribution in [1.29, 1.82) is 0 Å². The third kappa shape index (κ3) is 5.31. The van der Waals surface area contributed by atoms with Crippen LogP contribution in [0.1, 0.15) is 22.7 Å². The van der Waals surface area contributed by atoms with Crippen LogP contribution in [0.15, 0.2) is 60.2 Å². The van der Waals surface area contributed by atoms with Gasteiger partial charge in [0.25, 0.3) is 11.7 Å². The summed E-state index contributed by atoms with van der Waals surface area (Å²) in [6.45, 7) is 0.156. The topological polar surface area (TPSA) is 115 Å². The molecule has 4 rings (SSSR count). The Balaban J connectivity index is 1.81. The third-order valence-corrected chi connectivity index (χ3v) is 6.86. The standard InChI is InChI=1S/C29H28ClNO8/c1-36-21-10-5-16(13-24(21)39-4)11-12-31-26(17-6-8-18(32)9-7-17)25(28(34)29(31)35)27(33)19-14-23(38-3)20(30)15-22(19)37-2/h5-10,13-15,26,32-33H,11-12H2,1-4H3/b27-25+. The van der Waals surface area contributed by atoms with Crippen LogP contribution in [0.2, 0.25) is 5.02 Å². The molecular weight excluding hydrogens is 526 g/mol. The molecule has 1 amide bonds. The Hall–Kier alpha value is -4.37. The number of hydrogen-bond donors (Lipinski definition) is 2. The molecule has 1 atom stereocenters. The molecule has 0 spiro atoms. The van der Waals surface area contributed by atoms with Crippen molar-refractivity contribution < 1.29 is 38.7 Å². The molecule has 39 heavy (non-hydrogen) atoms. The van der Waals surface area contributed by atoms with Crippen molar-refractivity contribution in [2.45, 2.75) is 12.5 Å². The first-order valence-electron chi connectivity index (χ1n) is 11.9.